The van der Waals surface area contributed by atoms with Crippen molar-refractivity contribution in [2.75, 3.05) is 69.5 Å². The van der Waals surface area contributed by atoms with Gasteiger partial charge in [0.25, 0.3) is 23.6 Å². The van der Waals surface area contributed by atoms with Gasteiger partial charge in [0.15, 0.2) is 0 Å². The third kappa shape index (κ3) is 8.95. The number of aryl methyl sites for hydroxylation is 1. The largest absolute Gasteiger partial charge is 0.383 e. The highest BCUT2D eigenvalue weighted by molar-refractivity contribution is 6.35. The summed E-state index contributed by atoms with van der Waals surface area (Å²) in [6.45, 7) is 9.96. The lowest BCUT2D eigenvalue weighted by Crippen LogP contribution is -2.54. The number of amides is 7. The molecule has 6 N–H and O–H groups in total. The third-order valence-corrected chi connectivity index (χ3v) is 11.3. The Labute approximate surface area is 340 Å². The summed E-state index contributed by atoms with van der Waals surface area (Å²) in [5.41, 5.74) is 4.71. The average molecular weight is 810 g/mol. The van der Waals surface area contributed by atoms with Crippen LogP contribution in [0.2, 0.25) is 0 Å². The monoisotopic (exact) mass is 809 g/mol. The van der Waals surface area contributed by atoms with Crippen LogP contribution in [-0.4, -0.2) is 126 Å². The van der Waals surface area contributed by atoms with Crippen LogP contribution >= 0.6 is 0 Å². The second-order valence-electron chi connectivity index (χ2n) is 15.2. The first kappa shape index (κ1) is 41.0. The second-order valence-corrected chi connectivity index (χ2v) is 15.2. The quantitative estimate of drug-likeness (QED) is 0.0752. The summed E-state index contributed by atoms with van der Waals surface area (Å²) in [6.07, 6.45) is 3.64. The predicted molar refractivity (Wildman–Crippen MR) is 217 cm³/mol. The maximum absolute atomic E-state index is 13.9. The van der Waals surface area contributed by atoms with E-state index >= 15 is 0 Å². The number of imide groups is 2. The normalized spacial score (nSPS) is 18.8. The van der Waals surface area contributed by atoms with Crippen molar-refractivity contribution in [3.8, 4) is 0 Å². The first-order valence-corrected chi connectivity index (χ1v) is 20.0. The number of H-pyrrole nitrogens is 1. The Morgan fingerprint density at radius 2 is 1.61 bits per heavy atom. The Hall–Kier alpha value is -6.20. The number of rotatable bonds is 15. The Balaban J connectivity index is 0.767. The van der Waals surface area contributed by atoms with Crippen LogP contribution in [0.4, 0.5) is 15.8 Å². The number of piperidine rings is 1. The van der Waals surface area contributed by atoms with Crippen LogP contribution in [0.25, 0.3) is 11.6 Å². The number of hydrogen-bond donors (Lipinski definition) is 6. The molecule has 3 aromatic rings. The number of benzene rings is 2. The van der Waals surface area contributed by atoms with Gasteiger partial charge in [-0.1, -0.05) is 6.07 Å². The van der Waals surface area contributed by atoms with Gasteiger partial charge in [-0.25, -0.2) is 4.39 Å². The van der Waals surface area contributed by atoms with Crippen LogP contribution < -0.4 is 26.6 Å². The zero-order valence-corrected chi connectivity index (χ0v) is 33.1. The van der Waals surface area contributed by atoms with Gasteiger partial charge >= 0.3 is 0 Å². The van der Waals surface area contributed by atoms with Gasteiger partial charge in [0, 0.05) is 87.0 Å². The maximum Gasteiger partial charge on any atom is 0.264 e. The number of anilines is 2. The molecule has 59 heavy (non-hydrogen) atoms. The van der Waals surface area contributed by atoms with Crippen LogP contribution in [0.15, 0.2) is 36.4 Å². The lowest BCUT2D eigenvalue weighted by Gasteiger charge is -2.34. The molecule has 5 heterocycles. The number of nitrogens with one attached hydrogen (secondary N) is 6. The van der Waals surface area contributed by atoms with E-state index in [2.05, 4.69) is 41.4 Å². The highest BCUT2D eigenvalue weighted by Crippen LogP contribution is 2.35. The zero-order chi connectivity index (χ0) is 41.8. The number of hydrogen-bond acceptors (Lipinski definition) is 10. The molecule has 2 fully saturated rings. The van der Waals surface area contributed by atoms with Crippen LogP contribution in [0.1, 0.15) is 85.7 Å². The summed E-state index contributed by atoms with van der Waals surface area (Å²) in [7, 11) is 0. The molecular weight excluding hydrogens is 762 g/mol. The van der Waals surface area contributed by atoms with Crippen molar-refractivity contribution in [2.24, 2.45) is 0 Å². The van der Waals surface area contributed by atoms with Gasteiger partial charge in [-0.05, 0) is 88.2 Å². The predicted octanol–water partition coefficient (Wildman–Crippen LogP) is 2.41. The smallest absolute Gasteiger partial charge is 0.264 e. The van der Waals surface area contributed by atoms with E-state index in [1.165, 1.54) is 24.3 Å². The molecule has 0 radical (unpaired) electrons. The second kappa shape index (κ2) is 17.7. The summed E-state index contributed by atoms with van der Waals surface area (Å²) < 4.78 is 13.9. The number of aromatic amines is 1. The van der Waals surface area contributed by atoms with Gasteiger partial charge in [-0.3, -0.25) is 43.8 Å². The van der Waals surface area contributed by atoms with Gasteiger partial charge in [0.1, 0.15) is 11.9 Å². The lowest BCUT2D eigenvalue weighted by molar-refractivity contribution is -0.136. The van der Waals surface area contributed by atoms with E-state index in [0.29, 0.717) is 77.5 Å². The molecule has 1 atom stereocenters. The van der Waals surface area contributed by atoms with Crippen molar-refractivity contribution < 1.29 is 38.0 Å². The minimum atomic E-state index is -1.04. The van der Waals surface area contributed by atoms with Gasteiger partial charge < -0.3 is 36.1 Å². The van der Waals surface area contributed by atoms with Crippen molar-refractivity contribution in [3.63, 3.8) is 0 Å². The van der Waals surface area contributed by atoms with E-state index in [1.807, 2.05) is 13.8 Å². The number of aromatic nitrogens is 1. The molecule has 16 nitrogen and oxygen atoms in total. The fourth-order valence-corrected chi connectivity index (χ4v) is 8.15. The Kier molecular flexibility index (Phi) is 12.3. The zero-order valence-electron chi connectivity index (χ0n) is 33.1. The van der Waals surface area contributed by atoms with Gasteiger partial charge in [0.2, 0.25) is 17.7 Å². The Morgan fingerprint density at radius 1 is 0.864 bits per heavy atom. The molecule has 2 saturated heterocycles. The lowest BCUT2D eigenvalue weighted by atomic mass is 10.0. The highest BCUT2D eigenvalue weighted by Gasteiger charge is 2.45. The van der Waals surface area contributed by atoms with E-state index in [4.69, 9.17) is 0 Å². The summed E-state index contributed by atoms with van der Waals surface area (Å²) in [5, 5.41) is 14.0. The molecule has 7 amide bonds. The minimum absolute atomic E-state index is 0.0442. The van der Waals surface area contributed by atoms with Crippen LogP contribution in [0.3, 0.4) is 0 Å². The fraction of sp³-hybridized carbons (Fsp3) is 0.405. The molecule has 0 aliphatic carbocycles. The van der Waals surface area contributed by atoms with Crippen LogP contribution in [0.5, 0.6) is 0 Å². The first-order valence-electron chi connectivity index (χ1n) is 20.0. The van der Waals surface area contributed by atoms with Gasteiger partial charge in [-0.15, -0.1) is 0 Å². The molecule has 1 aromatic heterocycles. The minimum Gasteiger partial charge on any atom is -0.383 e. The number of fused-ring (bicyclic) bond motifs is 2. The van der Waals surface area contributed by atoms with Crippen molar-refractivity contribution in [1.29, 1.82) is 0 Å². The van der Waals surface area contributed by atoms with Gasteiger partial charge in [0.05, 0.1) is 22.3 Å². The first-order chi connectivity index (χ1) is 28.4. The molecule has 4 aliphatic rings. The van der Waals surface area contributed by atoms with Crippen LogP contribution in [0, 0.1) is 19.7 Å². The van der Waals surface area contributed by atoms with Crippen molar-refractivity contribution in [1.82, 2.24) is 35.6 Å². The molecule has 0 saturated carbocycles. The number of carbonyl (C=O) groups is 7. The molecule has 17 heteroatoms. The standard InChI is InChI=1S/C42H48FN9O7/c1-24-32(23-29-28-22-26(43)9-10-30(28)48-38(29)55)47-25(2)36(24)40(57)46-13-5-17-51-20-18-50(19-21-51)16-4-8-34(53)45-15-14-44-31-7-3-6-27-37(31)42(59)52(41(27)58)33-11-12-35(54)49-39(33)56/h3,6-7,9-10,22-23,33,44,47H,4-5,8,11-21H2,1-2H3,(H,45,53)(H,46,57)(H,48,55)(H,49,54,56)/b29-23-. The van der Waals surface area contributed by atoms with Crippen LogP contribution in [-0.2, 0) is 19.2 Å². The maximum atomic E-state index is 13.9. The summed E-state index contributed by atoms with van der Waals surface area (Å²) >= 11 is 0. The van der Waals surface area contributed by atoms with Crippen molar-refractivity contribution in [3.05, 3.63) is 81.4 Å². The van der Waals surface area contributed by atoms with Gasteiger partial charge in [-0.2, -0.15) is 0 Å². The van der Waals surface area contributed by atoms with E-state index in [0.717, 1.165) is 50.6 Å². The molecular formula is C42H48FN9O7. The fourth-order valence-electron chi connectivity index (χ4n) is 8.15. The summed E-state index contributed by atoms with van der Waals surface area (Å²) in [5.74, 6) is -3.30. The number of piperazine rings is 1. The molecule has 1 unspecified atom stereocenters. The molecule has 0 spiro atoms. The molecule has 0 bridgehead atoms. The third-order valence-electron chi connectivity index (χ3n) is 11.3. The summed E-state index contributed by atoms with van der Waals surface area (Å²) in [4.78, 5) is 97.5. The summed E-state index contributed by atoms with van der Waals surface area (Å²) in [6, 6.07) is 7.96. The van der Waals surface area contributed by atoms with E-state index in [9.17, 15) is 38.0 Å². The SMILES string of the molecule is Cc1[nH]c(/C=C2\C(=O)Nc3ccc(F)cc32)c(C)c1C(=O)NCCCN1CCN(CCCC(=O)NCCNc2cccc3c2C(=O)N(C2CCC(=O)NC2=O)C3=O)CC1. The Morgan fingerprint density at radius 3 is 2.36 bits per heavy atom. The Bertz CT molecular complexity index is 2240. The number of carbonyl (C=O) groups excluding carboxylic acids is 7. The molecule has 310 valence electrons. The van der Waals surface area contributed by atoms with E-state index in [1.54, 1.807) is 18.2 Å². The van der Waals surface area contributed by atoms with E-state index < -0.39 is 35.5 Å². The molecule has 2 aromatic carbocycles. The molecule has 7 rings (SSSR count). The number of halogens is 1. The van der Waals surface area contributed by atoms with Crippen molar-refractivity contribution >= 4 is 64.4 Å². The van der Waals surface area contributed by atoms with E-state index in [-0.39, 0.29) is 41.7 Å². The average Bonchev–Trinajstić information content (AvgIpc) is 3.77. The highest BCUT2D eigenvalue weighted by atomic mass is 19.1. The topological polar surface area (TPSA) is 205 Å². The van der Waals surface area contributed by atoms with Crippen molar-refractivity contribution in [2.45, 2.75) is 52.0 Å². The molecule has 4 aliphatic heterocycles. The number of nitrogens with zero attached hydrogens (tertiary/aromatic N) is 3.